The van der Waals surface area contributed by atoms with E-state index >= 15 is 0 Å². The highest BCUT2D eigenvalue weighted by Crippen LogP contribution is 2.40. The third kappa shape index (κ3) is 2.83. The molecule has 0 bridgehead atoms. The average Bonchev–Trinajstić information content (AvgIpc) is 3.37. The van der Waals surface area contributed by atoms with Gasteiger partial charge in [-0.3, -0.25) is 22.8 Å². The van der Waals surface area contributed by atoms with Gasteiger partial charge in [-0.2, -0.15) is 8.42 Å². The molecule has 9 nitrogen and oxygen atoms in total. The van der Waals surface area contributed by atoms with Gasteiger partial charge >= 0.3 is 10.2 Å². The van der Waals surface area contributed by atoms with Crippen LogP contribution >= 0.6 is 11.8 Å². The minimum absolute atomic E-state index is 0.0114. The zero-order valence-electron chi connectivity index (χ0n) is 16.6. The fourth-order valence-electron chi connectivity index (χ4n) is 4.28. The maximum atomic E-state index is 12.9. The van der Waals surface area contributed by atoms with Gasteiger partial charge in [0, 0.05) is 37.5 Å². The Morgan fingerprint density at radius 3 is 2.80 bits per heavy atom. The van der Waals surface area contributed by atoms with Gasteiger partial charge in [0.15, 0.2) is 5.16 Å². The summed E-state index contributed by atoms with van der Waals surface area (Å²) in [5, 5.41) is 3.54. The zero-order chi connectivity index (χ0) is 21.2. The second-order valence-corrected chi connectivity index (χ2v) is 10.7. The number of rotatable bonds is 3. The van der Waals surface area contributed by atoms with E-state index in [1.807, 2.05) is 0 Å². The van der Waals surface area contributed by atoms with Crippen LogP contribution in [0.15, 0.2) is 28.2 Å². The van der Waals surface area contributed by atoms with Gasteiger partial charge in [0.25, 0.3) is 5.56 Å². The molecule has 1 amide bonds. The van der Waals surface area contributed by atoms with Crippen molar-refractivity contribution in [1.82, 2.24) is 9.55 Å². The molecule has 1 aromatic carbocycles. The van der Waals surface area contributed by atoms with Crippen LogP contribution in [-0.2, 0) is 27.8 Å². The number of carbonyl (C=O) groups is 1. The number of aromatic nitrogens is 2. The van der Waals surface area contributed by atoms with E-state index in [4.69, 9.17) is 0 Å². The number of hydrogen-bond donors (Lipinski definition) is 1. The van der Waals surface area contributed by atoms with Crippen LogP contribution < -0.4 is 19.5 Å². The molecular weight excluding hydrogens is 426 g/mol. The molecule has 1 atom stereocenters. The summed E-state index contributed by atoms with van der Waals surface area (Å²) >= 11 is 1.51. The van der Waals surface area contributed by atoms with Crippen molar-refractivity contribution < 1.29 is 13.2 Å². The summed E-state index contributed by atoms with van der Waals surface area (Å²) in [6.07, 6.45) is 2.72. The van der Waals surface area contributed by atoms with E-state index in [1.165, 1.54) is 34.5 Å². The lowest BCUT2D eigenvalue weighted by atomic mass is 10.2. The van der Waals surface area contributed by atoms with Gasteiger partial charge in [0.1, 0.15) is 0 Å². The molecule has 0 radical (unpaired) electrons. The summed E-state index contributed by atoms with van der Waals surface area (Å²) in [5.41, 5.74) is 3.27. The van der Waals surface area contributed by atoms with Crippen molar-refractivity contribution in [3.63, 3.8) is 0 Å². The number of thioether (sulfide) groups is 1. The highest BCUT2D eigenvalue weighted by Gasteiger charge is 2.36. The first-order valence-corrected chi connectivity index (χ1v) is 12.1. The summed E-state index contributed by atoms with van der Waals surface area (Å²) in [6, 6.07) is 4.76. The third-order valence-electron chi connectivity index (χ3n) is 5.92. The number of fused-ring (bicyclic) bond motifs is 3. The van der Waals surface area contributed by atoms with Crippen molar-refractivity contribution in [1.29, 1.82) is 0 Å². The monoisotopic (exact) mass is 447 g/mol. The van der Waals surface area contributed by atoms with E-state index in [9.17, 15) is 18.0 Å². The van der Waals surface area contributed by atoms with E-state index in [2.05, 4.69) is 10.3 Å². The summed E-state index contributed by atoms with van der Waals surface area (Å²) in [7, 11) is -0.590. The van der Waals surface area contributed by atoms with Gasteiger partial charge in [0.05, 0.1) is 23.1 Å². The molecule has 3 aliphatic rings. The normalized spacial score (nSPS) is 20.8. The molecule has 2 aliphatic heterocycles. The van der Waals surface area contributed by atoms with Gasteiger partial charge in [-0.05, 0) is 37.5 Å². The minimum Gasteiger partial charge on any atom is -0.326 e. The number of nitrogens with one attached hydrogen (secondary N) is 1. The fourth-order valence-corrected chi connectivity index (χ4v) is 6.60. The molecule has 0 saturated carbocycles. The lowest BCUT2D eigenvalue weighted by Gasteiger charge is -2.15. The van der Waals surface area contributed by atoms with Crippen molar-refractivity contribution in [3.05, 3.63) is 39.8 Å². The fraction of sp³-hybridized carbons (Fsp3) is 0.421. The predicted molar refractivity (Wildman–Crippen MR) is 116 cm³/mol. The van der Waals surface area contributed by atoms with E-state index in [0.717, 1.165) is 30.5 Å². The largest absolute Gasteiger partial charge is 0.326 e. The minimum atomic E-state index is -3.56. The highest BCUT2D eigenvalue weighted by molar-refractivity contribution is 7.99. The molecule has 5 rings (SSSR count). The Morgan fingerprint density at radius 1 is 1.23 bits per heavy atom. The van der Waals surface area contributed by atoms with Crippen molar-refractivity contribution >= 4 is 44.9 Å². The summed E-state index contributed by atoms with van der Waals surface area (Å²) in [4.78, 5) is 30.2. The Balaban J connectivity index is 1.35. The average molecular weight is 448 g/mol. The molecule has 0 fully saturated rings. The Morgan fingerprint density at radius 2 is 2.00 bits per heavy atom. The van der Waals surface area contributed by atoms with Crippen LogP contribution in [0.2, 0.25) is 0 Å². The quantitative estimate of drug-likeness (QED) is 0.716. The maximum Gasteiger partial charge on any atom is 0.326 e. The maximum absolute atomic E-state index is 12.9. The van der Waals surface area contributed by atoms with E-state index in [1.54, 1.807) is 22.8 Å². The number of aryl methyl sites for hydroxylation is 1. The van der Waals surface area contributed by atoms with Crippen LogP contribution in [0.4, 0.5) is 17.1 Å². The molecule has 1 aliphatic carbocycles. The van der Waals surface area contributed by atoms with Gasteiger partial charge in [0.2, 0.25) is 5.91 Å². The SMILES string of the molecule is CN1c2ccc(NC(=O)CC3CSc4nc5c(c(=O)n43)CCC5)cc2N(C)S1(=O)=O. The summed E-state index contributed by atoms with van der Waals surface area (Å²) < 4.78 is 28.6. The number of benzene rings is 1. The van der Waals surface area contributed by atoms with E-state index in [-0.39, 0.29) is 23.9 Å². The van der Waals surface area contributed by atoms with Crippen molar-refractivity contribution in [2.75, 3.05) is 33.8 Å². The van der Waals surface area contributed by atoms with Crippen LogP contribution in [0.25, 0.3) is 0 Å². The molecule has 1 aromatic heterocycles. The van der Waals surface area contributed by atoms with Gasteiger partial charge in [-0.1, -0.05) is 11.8 Å². The molecule has 11 heteroatoms. The van der Waals surface area contributed by atoms with Crippen LogP contribution in [0.1, 0.15) is 30.1 Å². The van der Waals surface area contributed by atoms with E-state index < -0.39 is 10.2 Å². The first kappa shape index (κ1) is 19.4. The molecule has 30 heavy (non-hydrogen) atoms. The first-order chi connectivity index (χ1) is 14.3. The number of carbonyl (C=O) groups excluding carboxylic acids is 1. The van der Waals surface area contributed by atoms with Crippen molar-refractivity contribution in [3.8, 4) is 0 Å². The molecule has 1 unspecified atom stereocenters. The first-order valence-electron chi connectivity index (χ1n) is 9.71. The van der Waals surface area contributed by atoms with Gasteiger partial charge < -0.3 is 5.32 Å². The van der Waals surface area contributed by atoms with Crippen LogP contribution in [0, 0.1) is 0 Å². The second kappa shape index (κ2) is 6.74. The Labute approximate surface area is 178 Å². The Kier molecular flexibility index (Phi) is 4.37. The Hall–Kier alpha value is -2.53. The zero-order valence-corrected chi connectivity index (χ0v) is 18.2. The van der Waals surface area contributed by atoms with Crippen molar-refractivity contribution in [2.24, 2.45) is 0 Å². The topological polar surface area (TPSA) is 105 Å². The molecule has 3 heterocycles. The molecule has 158 valence electrons. The number of amides is 1. The number of anilines is 3. The van der Waals surface area contributed by atoms with E-state index in [0.29, 0.717) is 28.0 Å². The molecule has 0 spiro atoms. The second-order valence-electron chi connectivity index (χ2n) is 7.71. The molecule has 0 saturated heterocycles. The van der Waals surface area contributed by atoms with Crippen LogP contribution in [0.5, 0.6) is 0 Å². The van der Waals surface area contributed by atoms with Crippen LogP contribution in [-0.4, -0.2) is 43.7 Å². The van der Waals surface area contributed by atoms with Crippen LogP contribution in [0.3, 0.4) is 0 Å². The summed E-state index contributed by atoms with van der Waals surface area (Å²) in [6.45, 7) is 0. The summed E-state index contributed by atoms with van der Waals surface area (Å²) in [5.74, 6) is 0.409. The molecule has 2 aromatic rings. The van der Waals surface area contributed by atoms with Gasteiger partial charge in [-0.15, -0.1) is 0 Å². The molecular formula is C19H21N5O4S2. The predicted octanol–water partition coefficient (Wildman–Crippen LogP) is 1.54. The molecule has 1 N–H and O–H groups in total. The third-order valence-corrected chi connectivity index (χ3v) is 8.80. The lowest BCUT2D eigenvalue weighted by molar-refractivity contribution is -0.116. The standard InChI is InChI=1S/C19H21N5O4S2/c1-22-15-7-6-11(8-16(15)23(2)30(22,27)28)20-17(25)9-12-10-29-19-21-14-5-3-4-13(14)18(26)24(12)19/h6-8,12H,3-5,9-10H2,1-2H3,(H,20,25). The number of hydrogen-bond acceptors (Lipinski definition) is 6. The number of nitrogens with zero attached hydrogens (tertiary/aromatic N) is 4. The van der Waals surface area contributed by atoms with Crippen molar-refractivity contribution in [2.45, 2.75) is 36.9 Å². The van der Waals surface area contributed by atoms with Gasteiger partial charge in [-0.25, -0.2) is 4.98 Å². The highest BCUT2D eigenvalue weighted by atomic mass is 32.2. The smallest absolute Gasteiger partial charge is 0.326 e. The lowest BCUT2D eigenvalue weighted by Crippen LogP contribution is -2.32. The Bertz CT molecular complexity index is 1240.